The summed E-state index contributed by atoms with van der Waals surface area (Å²) < 4.78 is 0. The lowest BCUT2D eigenvalue weighted by Gasteiger charge is -2.11. The summed E-state index contributed by atoms with van der Waals surface area (Å²) in [7, 11) is 4.07. The van der Waals surface area contributed by atoms with Crippen LogP contribution in [0.3, 0.4) is 0 Å². The van der Waals surface area contributed by atoms with Crippen molar-refractivity contribution in [1.29, 1.82) is 0 Å². The molecule has 0 saturated heterocycles. The van der Waals surface area contributed by atoms with Gasteiger partial charge in [0.25, 0.3) is 0 Å². The third kappa shape index (κ3) is 3.96. The van der Waals surface area contributed by atoms with Crippen LogP contribution >= 0.6 is 23.1 Å². The largest absolute Gasteiger partial charge is 0.354 e. The molecule has 0 saturated carbocycles. The Bertz CT molecular complexity index is 323. The maximum Gasteiger partial charge on any atom is 0.185 e. The molecule has 1 unspecified atom stereocenters. The number of hydrogen-bond acceptors (Lipinski definition) is 5. The molecule has 1 atom stereocenters. The molecule has 16 heavy (non-hydrogen) atoms. The van der Waals surface area contributed by atoms with Crippen molar-refractivity contribution >= 4 is 28.2 Å². The monoisotopic (exact) mass is 259 g/mol. The molecular weight excluding hydrogens is 238 g/mol. The topological polar surface area (TPSA) is 28.2 Å². The molecule has 0 amide bonds. The molecule has 0 fully saturated rings. The normalized spacial score (nSPS) is 12.8. The zero-order valence-corrected chi connectivity index (χ0v) is 12.3. The fourth-order valence-electron chi connectivity index (χ4n) is 1.34. The SMILES string of the molecule is CSCC(C)NCc1sc(N(C)C)nc1C. The Morgan fingerprint density at radius 2 is 2.19 bits per heavy atom. The third-order valence-electron chi connectivity index (χ3n) is 2.29. The van der Waals surface area contributed by atoms with Crippen LogP contribution in [0.4, 0.5) is 5.13 Å². The fraction of sp³-hybridized carbons (Fsp3) is 0.727. The molecule has 1 aromatic heterocycles. The van der Waals surface area contributed by atoms with Gasteiger partial charge in [0.05, 0.1) is 5.69 Å². The van der Waals surface area contributed by atoms with Crippen molar-refractivity contribution in [3.05, 3.63) is 10.6 Å². The van der Waals surface area contributed by atoms with E-state index in [4.69, 9.17) is 0 Å². The predicted molar refractivity (Wildman–Crippen MR) is 75.9 cm³/mol. The number of nitrogens with zero attached hydrogens (tertiary/aromatic N) is 2. The van der Waals surface area contributed by atoms with Gasteiger partial charge in [0.1, 0.15) is 0 Å². The highest BCUT2D eigenvalue weighted by atomic mass is 32.2. The van der Waals surface area contributed by atoms with Crippen molar-refractivity contribution in [2.24, 2.45) is 0 Å². The minimum absolute atomic E-state index is 0.555. The van der Waals surface area contributed by atoms with Crippen molar-refractivity contribution in [1.82, 2.24) is 10.3 Å². The van der Waals surface area contributed by atoms with E-state index in [0.29, 0.717) is 6.04 Å². The van der Waals surface area contributed by atoms with Crippen molar-refractivity contribution in [2.45, 2.75) is 26.4 Å². The average molecular weight is 259 g/mol. The van der Waals surface area contributed by atoms with Gasteiger partial charge in [0.15, 0.2) is 5.13 Å². The second kappa shape index (κ2) is 6.47. The first kappa shape index (κ1) is 13.8. The number of thiazole rings is 1. The van der Waals surface area contributed by atoms with E-state index in [1.807, 2.05) is 25.9 Å². The summed E-state index contributed by atoms with van der Waals surface area (Å²) in [5.41, 5.74) is 1.15. The van der Waals surface area contributed by atoms with Gasteiger partial charge in [0, 0.05) is 37.3 Å². The smallest absolute Gasteiger partial charge is 0.185 e. The molecule has 0 bridgehead atoms. The first-order chi connectivity index (χ1) is 7.54. The number of aryl methyl sites for hydroxylation is 1. The van der Waals surface area contributed by atoms with E-state index >= 15 is 0 Å². The van der Waals surface area contributed by atoms with E-state index in [-0.39, 0.29) is 0 Å². The molecule has 1 heterocycles. The molecular formula is C11H21N3S2. The number of nitrogens with one attached hydrogen (secondary N) is 1. The van der Waals surface area contributed by atoms with Gasteiger partial charge in [-0.3, -0.25) is 0 Å². The number of hydrogen-bond donors (Lipinski definition) is 1. The summed E-state index contributed by atoms with van der Waals surface area (Å²) in [6, 6.07) is 0.555. The molecule has 3 nitrogen and oxygen atoms in total. The zero-order chi connectivity index (χ0) is 12.1. The third-order valence-corrected chi connectivity index (χ3v) is 4.45. The Hall–Kier alpha value is -0.260. The van der Waals surface area contributed by atoms with E-state index in [1.54, 1.807) is 11.3 Å². The van der Waals surface area contributed by atoms with Crippen molar-refractivity contribution in [3.8, 4) is 0 Å². The standard InChI is InChI=1S/C11H21N3S2/c1-8(7-15-5)12-6-10-9(2)13-11(16-10)14(3)4/h8,12H,6-7H2,1-5H3. The van der Waals surface area contributed by atoms with Crippen molar-refractivity contribution in [2.75, 3.05) is 31.0 Å². The Labute approximate surface area is 107 Å². The van der Waals surface area contributed by atoms with E-state index < -0.39 is 0 Å². The van der Waals surface area contributed by atoms with Crippen LogP contribution in [0.25, 0.3) is 0 Å². The second-order valence-corrected chi connectivity index (χ2v) is 6.11. The van der Waals surface area contributed by atoms with Crippen LogP contribution in [0, 0.1) is 6.92 Å². The minimum Gasteiger partial charge on any atom is -0.354 e. The molecule has 0 spiro atoms. The Balaban J connectivity index is 2.53. The quantitative estimate of drug-likeness (QED) is 0.849. The molecule has 0 aliphatic carbocycles. The number of aromatic nitrogens is 1. The van der Waals surface area contributed by atoms with E-state index in [9.17, 15) is 0 Å². The number of thioether (sulfide) groups is 1. The summed E-state index contributed by atoms with van der Waals surface area (Å²) in [4.78, 5) is 7.94. The second-order valence-electron chi connectivity index (χ2n) is 4.14. The van der Waals surface area contributed by atoms with Gasteiger partial charge in [0.2, 0.25) is 0 Å². The Kier molecular flexibility index (Phi) is 5.58. The van der Waals surface area contributed by atoms with Gasteiger partial charge < -0.3 is 10.2 Å². The van der Waals surface area contributed by atoms with Gasteiger partial charge in [-0.05, 0) is 20.1 Å². The molecule has 92 valence electrons. The Morgan fingerprint density at radius 1 is 1.50 bits per heavy atom. The highest BCUT2D eigenvalue weighted by Gasteiger charge is 2.09. The lowest BCUT2D eigenvalue weighted by Crippen LogP contribution is -2.27. The molecule has 0 aliphatic rings. The van der Waals surface area contributed by atoms with Crippen LogP contribution in [0.2, 0.25) is 0 Å². The summed E-state index contributed by atoms with van der Waals surface area (Å²) >= 11 is 3.65. The highest BCUT2D eigenvalue weighted by molar-refractivity contribution is 7.98. The van der Waals surface area contributed by atoms with Gasteiger partial charge >= 0.3 is 0 Å². The van der Waals surface area contributed by atoms with Gasteiger partial charge in [-0.1, -0.05) is 0 Å². The lowest BCUT2D eigenvalue weighted by atomic mass is 10.3. The maximum absolute atomic E-state index is 4.53. The van der Waals surface area contributed by atoms with Crippen LogP contribution in [-0.2, 0) is 6.54 Å². The summed E-state index contributed by atoms with van der Waals surface area (Å²) in [5.74, 6) is 1.15. The molecule has 0 aromatic carbocycles. The lowest BCUT2D eigenvalue weighted by molar-refractivity contribution is 0.599. The molecule has 1 aromatic rings. The molecule has 1 N–H and O–H groups in total. The maximum atomic E-state index is 4.53. The van der Waals surface area contributed by atoms with Crippen LogP contribution in [0.1, 0.15) is 17.5 Å². The van der Waals surface area contributed by atoms with Crippen molar-refractivity contribution < 1.29 is 0 Å². The average Bonchev–Trinajstić information content (AvgIpc) is 2.58. The molecule has 5 heteroatoms. The summed E-state index contributed by atoms with van der Waals surface area (Å²) in [5, 5.41) is 4.61. The molecule has 0 aliphatic heterocycles. The van der Waals surface area contributed by atoms with Gasteiger partial charge in [-0.2, -0.15) is 11.8 Å². The molecule has 0 radical (unpaired) electrons. The first-order valence-corrected chi connectivity index (χ1v) is 7.61. The van der Waals surface area contributed by atoms with Gasteiger partial charge in [-0.25, -0.2) is 4.98 Å². The first-order valence-electron chi connectivity index (χ1n) is 5.40. The predicted octanol–water partition coefficient (Wildman–Crippen LogP) is 2.36. The summed E-state index contributed by atoms with van der Waals surface area (Å²) in [6.07, 6.45) is 2.14. The summed E-state index contributed by atoms with van der Waals surface area (Å²) in [6.45, 7) is 5.23. The van der Waals surface area contributed by atoms with E-state index in [0.717, 1.165) is 23.1 Å². The highest BCUT2D eigenvalue weighted by Crippen LogP contribution is 2.24. The van der Waals surface area contributed by atoms with Crippen molar-refractivity contribution in [3.63, 3.8) is 0 Å². The number of anilines is 1. The van der Waals surface area contributed by atoms with E-state index in [1.165, 1.54) is 4.88 Å². The fourth-order valence-corrected chi connectivity index (χ4v) is 2.90. The van der Waals surface area contributed by atoms with Crippen LogP contribution < -0.4 is 10.2 Å². The Morgan fingerprint density at radius 3 is 2.69 bits per heavy atom. The minimum atomic E-state index is 0.555. The van der Waals surface area contributed by atoms with Crippen LogP contribution in [0.15, 0.2) is 0 Å². The van der Waals surface area contributed by atoms with E-state index in [2.05, 4.69) is 35.3 Å². The van der Waals surface area contributed by atoms with Crippen LogP contribution in [0.5, 0.6) is 0 Å². The van der Waals surface area contributed by atoms with Crippen LogP contribution in [-0.4, -0.2) is 37.1 Å². The molecule has 1 rings (SSSR count). The zero-order valence-electron chi connectivity index (χ0n) is 10.7. The number of rotatable bonds is 6. The van der Waals surface area contributed by atoms with Gasteiger partial charge in [-0.15, -0.1) is 11.3 Å².